The van der Waals surface area contributed by atoms with Gasteiger partial charge in [-0.3, -0.25) is 4.90 Å². The first-order chi connectivity index (χ1) is 14.1. The largest absolute Gasteiger partial charge is 0.398 e. The standard InChI is InChI=1S/C23H20Cl2N4/c24-17-5-7-19(20(25)11-17)23-21(29-13-18(26)6-8-22(29)27-23)14-28-10-9-15-3-1-2-4-16(15)12-28/h1-8,11,13H,9-10,12,14,26H2. The van der Waals surface area contributed by atoms with Crippen LogP contribution in [0.5, 0.6) is 0 Å². The topological polar surface area (TPSA) is 46.6 Å². The lowest BCUT2D eigenvalue weighted by Gasteiger charge is -2.28. The fourth-order valence-electron chi connectivity index (χ4n) is 4.06. The fraction of sp³-hybridized carbons (Fsp3) is 0.174. The van der Waals surface area contributed by atoms with Crippen molar-refractivity contribution in [1.82, 2.24) is 14.3 Å². The Kier molecular flexibility index (Phi) is 4.70. The first-order valence-electron chi connectivity index (χ1n) is 9.59. The molecule has 0 saturated carbocycles. The summed E-state index contributed by atoms with van der Waals surface area (Å²) >= 11 is 12.6. The van der Waals surface area contributed by atoms with Crippen LogP contribution in [0.2, 0.25) is 10.0 Å². The van der Waals surface area contributed by atoms with Crippen molar-refractivity contribution in [2.45, 2.75) is 19.5 Å². The lowest BCUT2D eigenvalue weighted by molar-refractivity contribution is 0.242. The zero-order valence-corrected chi connectivity index (χ0v) is 17.3. The highest BCUT2D eigenvalue weighted by Gasteiger charge is 2.22. The van der Waals surface area contributed by atoms with Crippen LogP contribution >= 0.6 is 23.2 Å². The number of aromatic nitrogens is 2. The molecule has 0 amide bonds. The zero-order chi connectivity index (χ0) is 20.0. The number of hydrogen-bond donors (Lipinski definition) is 1. The van der Waals surface area contributed by atoms with Gasteiger partial charge < -0.3 is 10.1 Å². The molecule has 0 atom stereocenters. The number of benzene rings is 2. The third kappa shape index (κ3) is 3.48. The second-order valence-corrected chi connectivity index (χ2v) is 8.29. The Bertz CT molecular complexity index is 1210. The van der Waals surface area contributed by atoms with Crippen molar-refractivity contribution in [3.05, 3.63) is 87.7 Å². The van der Waals surface area contributed by atoms with Crippen molar-refractivity contribution in [2.24, 2.45) is 0 Å². The molecule has 0 fully saturated rings. The van der Waals surface area contributed by atoms with Crippen LogP contribution < -0.4 is 5.73 Å². The quantitative estimate of drug-likeness (QED) is 0.477. The molecule has 0 spiro atoms. The van der Waals surface area contributed by atoms with E-state index in [1.807, 2.05) is 30.5 Å². The second-order valence-electron chi connectivity index (χ2n) is 7.45. The predicted octanol–water partition coefficient (Wildman–Crippen LogP) is 5.45. The summed E-state index contributed by atoms with van der Waals surface area (Å²) in [5.41, 5.74) is 13.3. The first-order valence-corrected chi connectivity index (χ1v) is 10.3. The second kappa shape index (κ2) is 7.38. The minimum absolute atomic E-state index is 0.596. The number of rotatable bonds is 3. The van der Waals surface area contributed by atoms with E-state index in [9.17, 15) is 0 Å². The summed E-state index contributed by atoms with van der Waals surface area (Å²) in [6, 6.07) is 18.0. The van der Waals surface area contributed by atoms with Gasteiger partial charge in [-0.25, -0.2) is 4.98 Å². The van der Waals surface area contributed by atoms with E-state index in [1.165, 1.54) is 11.1 Å². The van der Waals surface area contributed by atoms with Gasteiger partial charge >= 0.3 is 0 Å². The molecule has 0 radical (unpaired) electrons. The van der Waals surface area contributed by atoms with Gasteiger partial charge in [0.05, 0.1) is 16.4 Å². The molecule has 0 bridgehead atoms. The molecule has 4 aromatic rings. The van der Waals surface area contributed by atoms with Crippen LogP contribution in [0.4, 0.5) is 5.69 Å². The normalized spacial score (nSPS) is 14.3. The van der Waals surface area contributed by atoms with Crippen molar-refractivity contribution >= 4 is 34.5 Å². The molecule has 3 heterocycles. The smallest absolute Gasteiger partial charge is 0.137 e. The molecule has 0 saturated heterocycles. The van der Waals surface area contributed by atoms with Crippen molar-refractivity contribution in [3.8, 4) is 11.3 Å². The molecule has 4 nitrogen and oxygen atoms in total. The lowest BCUT2D eigenvalue weighted by atomic mass is 9.99. The maximum Gasteiger partial charge on any atom is 0.137 e. The van der Waals surface area contributed by atoms with Crippen molar-refractivity contribution in [3.63, 3.8) is 0 Å². The average Bonchev–Trinajstić information content (AvgIpc) is 3.05. The third-order valence-electron chi connectivity index (χ3n) is 5.51. The van der Waals surface area contributed by atoms with E-state index < -0.39 is 0 Å². The number of hydrogen-bond acceptors (Lipinski definition) is 3. The Morgan fingerprint density at radius 3 is 2.66 bits per heavy atom. The highest BCUT2D eigenvalue weighted by Crippen LogP contribution is 2.34. The SMILES string of the molecule is Nc1ccc2nc(-c3ccc(Cl)cc3Cl)c(CN3CCc4ccccc4C3)n2c1. The summed E-state index contributed by atoms with van der Waals surface area (Å²) in [6.45, 7) is 2.67. The molecule has 146 valence electrons. The van der Waals surface area contributed by atoms with Crippen LogP contribution in [0.15, 0.2) is 60.8 Å². The maximum absolute atomic E-state index is 6.53. The minimum Gasteiger partial charge on any atom is -0.398 e. The summed E-state index contributed by atoms with van der Waals surface area (Å²) in [4.78, 5) is 7.32. The number of pyridine rings is 1. The van der Waals surface area contributed by atoms with Gasteiger partial charge in [0.1, 0.15) is 5.65 Å². The van der Waals surface area contributed by atoms with Crippen LogP contribution in [-0.4, -0.2) is 20.8 Å². The van der Waals surface area contributed by atoms with Crippen molar-refractivity contribution in [1.29, 1.82) is 0 Å². The van der Waals surface area contributed by atoms with E-state index in [1.54, 1.807) is 6.07 Å². The van der Waals surface area contributed by atoms with E-state index in [4.69, 9.17) is 33.9 Å². The van der Waals surface area contributed by atoms with Crippen LogP contribution in [0.3, 0.4) is 0 Å². The lowest BCUT2D eigenvalue weighted by Crippen LogP contribution is -2.30. The number of imidazole rings is 1. The monoisotopic (exact) mass is 422 g/mol. The number of anilines is 1. The number of nitrogens with zero attached hydrogens (tertiary/aromatic N) is 3. The molecule has 2 N–H and O–H groups in total. The molecular weight excluding hydrogens is 403 g/mol. The molecule has 5 rings (SSSR count). The molecule has 6 heteroatoms. The van der Waals surface area contributed by atoms with Gasteiger partial charge in [0.15, 0.2) is 0 Å². The van der Waals surface area contributed by atoms with Crippen LogP contribution in [0.1, 0.15) is 16.8 Å². The summed E-state index contributed by atoms with van der Waals surface area (Å²) in [5, 5.41) is 1.21. The number of halogens is 2. The Morgan fingerprint density at radius 2 is 1.83 bits per heavy atom. The van der Waals surface area contributed by atoms with E-state index in [2.05, 4.69) is 33.6 Å². The molecule has 0 unspecified atom stereocenters. The Hall–Kier alpha value is -2.53. The molecule has 0 aliphatic carbocycles. The molecule has 2 aromatic carbocycles. The van der Waals surface area contributed by atoms with E-state index >= 15 is 0 Å². The zero-order valence-electron chi connectivity index (χ0n) is 15.8. The van der Waals surface area contributed by atoms with Crippen LogP contribution in [0, 0.1) is 0 Å². The highest BCUT2D eigenvalue weighted by atomic mass is 35.5. The molecule has 1 aliphatic rings. The van der Waals surface area contributed by atoms with Gasteiger partial charge in [-0.05, 0) is 47.9 Å². The molecule has 29 heavy (non-hydrogen) atoms. The van der Waals surface area contributed by atoms with Crippen molar-refractivity contribution < 1.29 is 0 Å². The molecule has 2 aromatic heterocycles. The third-order valence-corrected chi connectivity index (χ3v) is 6.06. The Labute approximate surface area is 179 Å². The molecule has 1 aliphatic heterocycles. The summed E-state index contributed by atoms with van der Waals surface area (Å²) in [5.74, 6) is 0. The van der Waals surface area contributed by atoms with E-state index in [0.717, 1.165) is 48.7 Å². The van der Waals surface area contributed by atoms with Gasteiger partial charge in [-0.1, -0.05) is 47.5 Å². The van der Waals surface area contributed by atoms with Gasteiger partial charge in [-0.2, -0.15) is 0 Å². The minimum atomic E-state index is 0.596. The summed E-state index contributed by atoms with van der Waals surface area (Å²) in [6.07, 6.45) is 2.98. The first kappa shape index (κ1) is 18.5. The Morgan fingerprint density at radius 1 is 1.00 bits per heavy atom. The Balaban J connectivity index is 1.59. The maximum atomic E-state index is 6.53. The van der Waals surface area contributed by atoms with Gasteiger partial charge in [0.2, 0.25) is 0 Å². The average molecular weight is 423 g/mol. The number of nitrogens with two attached hydrogens (primary N) is 1. The van der Waals surface area contributed by atoms with Crippen molar-refractivity contribution in [2.75, 3.05) is 12.3 Å². The fourth-order valence-corrected chi connectivity index (χ4v) is 4.56. The molecular formula is C23H20Cl2N4. The van der Waals surface area contributed by atoms with Crippen LogP contribution in [0.25, 0.3) is 16.9 Å². The van der Waals surface area contributed by atoms with E-state index in [-0.39, 0.29) is 0 Å². The van der Waals surface area contributed by atoms with Crippen LogP contribution in [-0.2, 0) is 19.5 Å². The van der Waals surface area contributed by atoms with Gasteiger partial charge in [-0.15, -0.1) is 0 Å². The highest BCUT2D eigenvalue weighted by molar-refractivity contribution is 6.36. The summed E-state index contributed by atoms with van der Waals surface area (Å²) < 4.78 is 2.08. The van der Waals surface area contributed by atoms with Gasteiger partial charge in [0.25, 0.3) is 0 Å². The predicted molar refractivity (Wildman–Crippen MR) is 119 cm³/mol. The van der Waals surface area contributed by atoms with Gasteiger partial charge in [0, 0.05) is 42.1 Å². The number of fused-ring (bicyclic) bond motifs is 2. The summed E-state index contributed by atoms with van der Waals surface area (Å²) in [7, 11) is 0. The van der Waals surface area contributed by atoms with E-state index in [0.29, 0.717) is 15.7 Å². The number of nitrogen functional groups attached to an aromatic ring is 1.